The Morgan fingerprint density at radius 2 is 2.24 bits per heavy atom. The number of nitrogens with one attached hydrogen (secondary N) is 1. The topological polar surface area (TPSA) is 41.1 Å². The summed E-state index contributed by atoms with van der Waals surface area (Å²) in [5, 5.41) is 3.46. The van der Waals surface area contributed by atoms with E-state index < -0.39 is 0 Å². The average Bonchev–Trinajstić information content (AvgIpc) is 3.19. The van der Waals surface area contributed by atoms with Gasteiger partial charge in [-0.2, -0.15) is 0 Å². The molecule has 1 aliphatic rings. The highest BCUT2D eigenvalue weighted by Gasteiger charge is 2.20. The third-order valence-electron chi connectivity index (χ3n) is 3.43. The maximum atomic E-state index is 4.64. The fourth-order valence-electron chi connectivity index (χ4n) is 1.69. The third-order valence-corrected chi connectivity index (χ3v) is 3.43. The van der Waals surface area contributed by atoms with Crippen molar-refractivity contribution in [2.45, 2.75) is 51.7 Å². The molecule has 0 amide bonds. The molecule has 4 nitrogen and oxygen atoms in total. The Kier molecular flexibility index (Phi) is 3.94. The van der Waals surface area contributed by atoms with E-state index in [2.05, 4.69) is 41.1 Å². The van der Waals surface area contributed by atoms with Gasteiger partial charge < -0.3 is 10.2 Å². The molecule has 0 bridgehead atoms. The Labute approximate surface area is 103 Å². The van der Waals surface area contributed by atoms with Gasteiger partial charge in [0, 0.05) is 31.9 Å². The van der Waals surface area contributed by atoms with Crippen LogP contribution in [0.4, 0.5) is 5.82 Å². The van der Waals surface area contributed by atoms with E-state index in [1.165, 1.54) is 12.8 Å². The molecule has 0 aromatic carbocycles. The molecular weight excluding hydrogens is 212 g/mol. The van der Waals surface area contributed by atoms with E-state index in [9.17, 15) is 0 Å². The standard InChI is InChI=1S/C13H22N4/c1-4-10(2)17(3)13-9-14-7-12(16-13)8-15-11-5-6-11/h7,9-11,15H,4-6,8H2,1-3H3. The van der Waals surface area contributed by atoms with Crippen LogP contribution in [0.5, 0.6) is 0 Å². The zero-order valence-electron chi connectivity index (χ0n) is 11.0. The molecule has 1 N–H and O–H groups in total. The minimum atomic E-state index is 0.496. The Morgan fingerprint density at radius 3 is 2.88 bits per heavy atom. The summed E-state index contributed by atoms with van der Waals surface area (Å²) in [6.45, 7) is 5.23. The number of aromatic nitrogens is 2. The zero-order valence-corrected chi connectivity index (χ0v) is 11.0. The van der Waals surface area contributed by atoms with Crippen molar-refractivity contribution < 1.29 is 0 Å². The molecule has 94 valence electrons. The Morgan fingerprint density at radius 1 is 1.47 bits per heavy atom. The highest BCUT2D eigenvalue weighted by atomic mass is 15.2. The van der Waals surface area contributed by atoms with Gasteiger partial charge in [0.25, 0.3) is 0 Å². The molecular formula is C13H22N4. The first-order valence-electron chi connectivity index (χ1n) is 6.47. The van der Waals surface area contributed by atoms with Gasteiger partial charge in [0.1, 0.15) is 5.82 Å². The summed E-state index contributed by atoms with van der Waals surface area (Å²) in [4.78, 5) is 11.1. The molecule has 1 aromatic heterocycles. The summed E-state index contributed by atoms with van der Waals surface area (Å²) in [5.41, 5.74) is 1.03. The molecule has 1 aliphatic carbocycles. The predicted octanol–water partition coefficient (Wildman–Crippen LogP) is 1.96. The molecule has 0 spiro atoms. The van der Waals surface area contributed by atoms with Crippen molar-refractivity contribution in [1.82, 2.24) is 15.3 Å². The molecule has 4 heteroatoms. The second-order valence-electron chi connectivity index (χ2n) is 4.89. The van der Waals surface area contributed by atoms with Gasteiger partial charge in [-0.1, -0.05) is 6.92 Å². The van der Waals surface area contributed by atoms with E-state index in [0.29, 0.717) is 12.1 Å². The van der Waals surface area contributed by atoms with Crippen LogP contribution in [-0.4, -0.2) is 29.1 Å². The molecule has 1 saturated carbocycles. The fraction of sp³-hybridized carbons (Fsp3) is 0.692. The lowest BCUT2D eigenvalue weighted by Crippen LogP contribution is -2.29. The van der Waals surface area contributed by atoms with Crippen LogP contribution in [0.2, 0.25) is 0 Å². The molecule has 0 saturated heterocycles. The van der Waals surface area contributed by atoms with Crippen molar-refractivity contribution in [3.8, 4) is 0 Å². The van der Waals surface area contributed by atoms with Crippen LogP contribution in [0.3, 0.4) is 0 Å². The first-order valence-corrected chi connectivity index (χ1v) is 6.47. The second kappa shape index (κ2) is 5.45. The van der Waals surface area contributed by atoms with Gasteiger partial charge >= 0.3 is 0 Å². The number of hydrogen-bond acceptors (Lipinski definition) is 4. The van der Waals surface area contributed by atoms with E-state index in [1.54, 1.807) is 0 Å². The van der Waals surface area contributed by atoms with E-state index in [4.69, 9.17) is 0 Å². The summed E-state index contributed by atoms with van der Waals surface area (Å²) in [5.74, 6) is 0.967. The summed E-state index contributed by atoms with van der Waals surface area (Å²) in [6.07, 6.45) is 7.42. The average molecular weight is 234 g/mol. The molecule has 1 heterocycles. The minimum Gasteiger partial charge on any atom is -0.356 e. The van der Waals surface area contributed by atoms with Gasteiger partial charge in [0.15, 0.2) is 0 Å². The predicted molar refractivity (Wildman–Crippen MR) is 70.0 cm³/mol. The highest BCUT2D eigenvalue weighted by molar-refractivity contribution is 5.36. The lowest BCUT2D eigenvalue weighted by atomic mass is 10.2. The zero-order chi connectivity index (χ0) is 12.3. The monoisotopic (exact) mass is 234 g/mol. The number of hydrogen-bond donors (Lipinski definition) is 1. The number of rotatable bonds is 6. The Bertz CT molecular complexity index is 362. The largest absolute Gasteiger partial charge is 0.356 e. The number of nitrogens with zero attached hydrogens (tertiary/aromatic N) is 3. The quantitative estimate of drug-likeness (QED) is 0.817. The molecule has 1 unspecified atom stereocenters. The van der Waals surface area contributed by atoms with E-state index in [0.717, 1.165) is 24.5 Å². The van der Waals surface area contributed by atoms with Gasteiger partial charge in [0.2, 0.25) is 0 Å². The van der Waals surface area contributed by atoms with Gasteiger partial charge in [0.05, 0.1) is 11.9 Å². The second-order valence-corrected chi connectivity index (χ2v) is 4.89. The summed E-state index contributed by atoms with van der Waals surface area (Å²) >= 11 is 0. The van der Waals surface area contributed by atoms with Crippen LogP contribution in [0, 0.1) is 0 Å². The van der Waals surface area contributed by atoms with Crippen molar-refractivity contribution >= 4 is 5.82 Å². The van der Waals surface area contributed by atoms with Crippen molar-refractivity contribution in [2.75, 3.05) is 11.9 Å². The van der Waals surface area contributed by atoms with Crippen LogP contribution < -0.4 is 10.2 Å². The van der Waals surface area contributed by atoms with Crippen LogP contribution >= 0.6 is 0 Å². The lowest BCUT2D eigenvalue weighted by molar-refractivity contribution is 0.643. The van der Waals surface area contributed by atoms with Crippen LogP contribution in [0.1, 0.15) is 38.8 Å². The summed E-state index contributed by atoms with van der Waals surface area (Å²) in [7, 11) is 2.08. The van der Waals surface area contributed by atoms with Gasteiger partial charge in [-0.15, -0.1) is 0 Å². The fourth-order valence-corrected chi connectivity index (χ4v) is 1.69. The lowest BCUT2D eigenvalue weighted by Gasteiger charge is -2.24. The third kappa shape index (κ3) is 3.40. The molecule has 2 rings (SSSR count). The van der Waals surface area contributed by atoms with Crippen molar-refractivity contribution in [1.29, 1.82) is 0 Å². The van der Waals surface area contributed by atoms with Gasteiger partial charge in [-0.3, -0.25) is 4.98 Å². The van der Waals surface area contributed by atoms with E-state index in [-0.39, 0.29) is 0 Å². The minimum absolute atomic E-state index is 0.496. The van der Waals surface area contributed by atoms with Crippen molar-refractivity contribution in [2.24, 2.45) is 0 Å². The molecule has 17 heavy (non-hydrogen) atoms. The van der Waals surface area contributed by atoms with Crippen LogP contribution in [0.25, 0.3) is 0 Å². The molecule has 0 aliphatic heterocycles. The van der Waals surface area contributed by atoms with Gasteiger partial charge in [-0.05, 0) is 26.2 Å². The van der Waals surface area contributed by atoms with Crippen LogP contribution in [-0.2, 0) is 6.54 Å². The molecule has 1 fully saturated rings. The van der Waals surface area contributed by atoms with Crippen LogP contribution in [0.15, 0.2) is 12.4 Å². The molecule has 1 atom stereocenters. The highest BCUT2D eigenvalue weighted by Crippen LogP contribution is 2.19. The normalized spacial score (nSPS) is 16.9. The SMILES string of the molecule is CCC(C)N(C)c1cncc(CNC2CC2)n1. The van der Waals surface area contributed by atoms with Gasteiger partial charge in [-0.25, -0.2) is 4.98 Å². The maximum absolute atomic E-state index is 4.64. The summed E-state index contributed by atoms with van der Waals surface area (Å²) in [6, 6.07) is 1.21. The van der Waals surface area contributed by atoms with Crippen molar-refractivity contribution in [3.63, 3.8) is 0 Å². The Balaban J connectivity index is 1.99. The Hall–Kier alpha value is -1.16. The van der Waals surface area contributed by atoms with E-state index in [1.807, 2.05) is 12.4 Å². The smallest absolute Gasteiger partial charge is 0.147 e. The molecule has 0 radical (unpaired) electrons. The summed E-state index contributed by atoms with van der Waals surface area (Å²) < 4.78 is 0. The molecule has 1 aromatic rings. The van der Waals surface area contributed by atoms with Crippen molar-refractivity contribution in [3.05, 3.63) is 18.1 Å². The number of anilines is 1. The first-order chi connectivity index (χ1) is 8.20. The van der Waals surface area contributed by atoms with E-state index >= 15 is 0 Å². The maximum Gasteiger partial charge on any atom is 0.147 e. The first kappa shape index (κ1) is 12.3.